The number of imide groups is 1. The lowest BCUT2D eigenvalue weighted by atomic mass is 10.0. The van der Waals surface area contributed by atoms with Crippen LogP contribution in [0.4, 0.5) is 4.79 Å². The summed E-state index contributed by atoms with van der Waals surface area (Å²) in [6.07, 6.45) is 1.48. The monoisotopic (exact) mass is 514 g/mol. The first-order valence-electron chi connectivity index (χ1n) is 10.7. The standard InChI is InChI=1S/C14H16O2.C7H7Br.C5H8N2O2/c1-4-6-9-16-13-7-8-14(11(3)15)12(5-2)10-13;1-6-2-4-7(8)5-3-6;1-2-3-4(8)7-5(9)6-3/h7-8,10H,5,9H2,1-3H3;2-5H,1H3;3H,2H2,1H3,(H2,6,7,8,9). The van der Waals surface area contributed by atoms with Crippen molar-refractivity contribution in [2.75, 3.05) is 6.61 Å². The van der Waals surface area contributed by atoms with E-state index < -0.39 is 0 Å². The Kier molecular flexibility index (Phi) is 12.6. The molecule has 1 heterocycles. The fourth-order valence-corrected chi connectivity index (χ4v) is 3.03. The average molecular weight is 515 g/mol. The van der Waals surface area contributed by atoms with Gasteiger partial charge in [-0.3, -0.25) is 14.9 Å². The summed E-state index contributed by atoms with van der Waals surface area (Å²) < 4.78 is 6.58. The second kappa shape index (κ2) is 14.9. The number of hydrogen-bond acceptors (Lipinski definition) is 4. The fourth-order valence-electron chi connectivity index (χ4n) is 2.77. The Morgan fingerprint density at radius 3 is 2.21 bits per heavy atom. The SMILES string of the molecule is CC#CCOc1ccc(C(C)=O)c(CC)c1.CCC1NC(=O)NC1=O.Cc1ccc(Br)cc1. The van der Waals surface area contributed by atoms with Crippen molar-refractivity contribution in [3.8, 4) is 17.6 Å². The van der Waals surface area contributed by atoms with E-state index in [2.05, 4.69) is 57.5 Å². The van der Waals surface area contributed by atoms with Crippen molar-refractivity contribution in [1.29, 1.82) is 0 Å². The Hall–Kier alpha value is -3.11. The molecule has 1 aliphatic rings. The first kappa shape index (κ1) is 27.9. The molecule has 2 aromatic carbocycles. The van der Waals surface area contributed by atoms with E-state index in [4.69, 9.17) is 4.74 Å². The summed E-state index contributed by atoms with van der Waals surface area (Å²) in [5.41, 5.74) is 3.10. The van der Waals surface area contributed by atoms with Gasteiger partial charge in [0.1, 0.15) is 18.4 Å². The summed E-state index contributed by atoms with van der Waals surface area (Å²) in [6, 6.07) is 13.1. The molecule has 2 N–H and O–H groups in total. The number of aryl methyl sites for hydroxylation is 2. The van der Waals surface area contributed by atoms with Gasteiger partial charge >= 0.3 is 6.03 Å². The lowest BCUT2D eigenvalue weighted by Crippen LogP contribution is -2.27. The van der Waals surface area contributed by atoms with Crippen LogP contribution in [-0.4, -0.2) is 30.4 Å². The van der Waals surface area contributed by atoms with Crippen LogP contribution in [0.25, 0.3) is 0 Å². The van der Waals surface area contributed by atoms with Crippen molar-refractivity contribution in [2.24, 2.45) is 0 Å². The van der Waals surface area contributed by atoms with E-state index in [1.54, 1.807) is 13.8 Å². The van der Waals surface area contributed by atoms with Crippen molar-refractivity contribution in [1.82, 2.24) is 10.6 Å². The summed E-state index contributed by atoms with van der Waals surface area (Å²) in [5.74, 6) is 6.24. The van der Waals surface area contributed by atoms with Gasteiger partial charge in [0.15, 0.2) is 5.78 Å². The minimum absolute atomic E-state index is 0.0942. The summed E-state index contributed by atoms with van der Waals surface area (Å²) in [4.78, 5) is 32.3. The lowest BCUT2D eigenvalue weighted by Gasteiger charge is -2.08. The molecule has 3 rings (SSSR count). The molecule has 3 amide bonds. The zero-order valence-electron chi connectivity index (χ0n) is 19.8. The molecule has 0 saturated carbocycles. The second-order valence-electron chi connectivity index (χ2n) is 7.16. The summed E-state index contributed by atoms with van der Waals surface area (Å²) in [7, 11) is 0. The molecule has 1 unspecified atom stereocenters. The highest BCUT2D eigenvalue weighted by molar-refractivity contribution is 9.10. The number of benzene rings is 2. The minimum atomic E-state index is -0.383. The number of rotatable bonds is 5. The first-order chi connectivity index (χ1) is 15.7. The van der Waals surface area contributed by atoms with Crippen LogP contribution < -0.4 is 15.4 Å². The average Bonchev–Trinajstić information content (AvgIpc) is 3.13. The molecule has 0 bridgehead atoms. The highest BCUT2D eigenvalue weighted by atomic mass is 79.9. The maximum Gasteiger partial charge on any atom is 0.322 e. The van der Waals surface area contributed by atoms with E-state index in [0.29, 0.717) is 13.0 Å². The summed E-state index contributed by atoms with van der Waals surface area (Å²) in [6.45, 7) is 9.69. The Labute approximate surface area is 204 Å². The van der Waals surface area contributed by atoms with Crippen molar-refractivity contribution in [3.63, 3.8) is 0 Å². The van der Waals surface area contributed by atoms with Gasteiger partial charge < -0.3 is 10.1 Å². The largest absolute Gasteiger partial charge is 0.481 e. The maximum absolute atomic E-state index is 11.3. The van der Waals surface area contributed by atoms with E-state index >= 15 is 0 Å². The number of amides is 3. The number of carbonyl (C=O) groups is 3. The van der Waals surface area contributed by atoms with Gasteiger partial charge in [0.25, 0.3) is 5.91 Å². The van der Waals surface area contributed by atoms with Crippen molar-refractivity contribution in [3.05, 3.63) is 63.6 Å². The van der Waals surface area contributed by atoms with Crippen LogP contribution in [0.15, 0.2) is 46.9 Å². The molecule has 0 aromatic heterocycles. The maximum atomic E-state index is 11.3. The van der Waals surface area contributed by atoms with Crippen LogP contribution in [0, 0.1) is 18.8 Å². The van der Waals surface area contributed by atoms with E-state index in [1.165, 1.54) is 5.56 Å². The van der Waals surface area contributed by atoms with Crippen LogP contribution in [0.2, 0.25) is 0 Å². The molecule has 33 heavy (non-hydrogen) atoms. The predicted octanol–water partition coefficient (Wildman–Crippen LogP) is 5.22. The number of halogens is 1. The summed E-state index contributed by atoms with van der Waals surface area (Å²) in [5, 5.41) is 4.58. The molecule has 1 saturated heterocycles. The lowest BCUT2D eigenvalue weighted by molar-refractivity contribution is -0.120. The van der Waals surface area contributed by atoms with Gasteiger partial charge in [0, 0.05) is 10.0 Å². The number of ketones is 1. The third kappa shape index (κ3) is 10.4. The second-order valence-corrected chi connectivity index (χ2v) is 8.08. The fraction of sp³-hybridized carbons (Fsp3) is 0.346. The summed E-state index contributed by atoms with van der Waals surface area (Å²) >= 11 is 3.35. The normalized spacial score (nSPS) is 13.7. The molecule has 1 fully saturated rings. The Balaban J connectivity index is 0.000000270. The zero-order chi connectivity index (χ0) is 24.8. The van der Waals surface area contributed by atoms with Crippen molar-refractivity contribution in [2.45, 2.75) is 53.5 Å². The molecule has 2 aromatic rings. The van der Waals surface area contributed by atoms with E-state index in [1.807, 2.05) is 44.2 Å². The predicted molar refractivity (Wildman–Crippen MR) is 134 cm³/mol. The quantitative estimate of drug-likeness (QED) is 0.325. The van der Waals surface area contributed by atoms with Crippen LogP contribution in [0.1, 0.15) is 55.6 Å². The Morgan fingerprint density at radius 1 is 1.12 bits per heavy atom. The Morgan fingerprint density at radius 2 is 1.79 bits per heavy atom. The molecular weight excluding hydrogens is 484 g/mol. The third-order valence-electron chi connectivity index (χ3n) is 4.60. The van der Waals surface area contributed by atoms with E-state index in [9.17, 15) is 14.4 Å². The molecule has 6 nitrogen and oxygen atoms in total. The van der Waals surface area contributed by atoms with Gasteiger partial charge in [-0.05, 0) is 69.5 Å². The minimum Gasteiger partial charge on any atom is -0.481 e. The van der Waals surface area contributed by atoms with Gasteiger partial charge in [-0.2, -0.15) is 0 Å². The highest BCUT2D eigenvalue weighted by Crippen LogP contribution is 2.19. The molecule has 1 atom stereocenters. The number of nitrogens with one attached hydrogen (secondary N) is 2. The number of ether oxygens (including phenoxy) is 1. The molecule has 1 aliphatic heterocycles. The Bertz CT molecular complexity index is 986. The highest BCUT2D eigenvalue weighted by Gasteiger charge is 2.26. The number of Topliss-reactive ketones (excluding diaryl/α,β-unsaturated/α-hetero) is 1. The molecule has 7 heteroatoms. The van der Waals surface area contributed by atoms with Gasteiger partial charge in [-0.25, -0.2) is 4.79 Å². The van der Waals surface area contributed by atoms with Gasteiger partial charge in [0.2, 0.25) is 0 Å². The van der Waals surface area contributed by atoms with Crippen LogP contribution in [0.3, 0.4) is 0 Å². The van der Waals surface area contributed by atoms with E-state index in [0.717, 1.165) is 27.8 Å². The molecule has 0 aliphatic carbocycles. The van der Waals surface area contributed by atoms with E-state index in [-0.39, 0.29) is 23.8 Å². The van der Waals surface area contributed by atoms with Crippen molar-refractivity contribution < 1.29 is 19.1 Å². The molecular formula is C26H31BrN2O4. The van der Waals surface area contributed by atoms with Gasteiger partial charge in [-0.15, -0.1) is 5.92 Å². The first-order valence-corrected chi connectivity index (χ1v) is 11.5. The van der Waals surface area contributed by atoms with Crippen LogP contribution >= 0.6 is 15.9 Å². The van der Waals surface area contributed by atoms with Crippen LogP contribution in [-0.2, 0) is 11.2 Å². The smallest absolute Gasteiger partial charge is 0.322 e. The molecule has 0 radical (unpaired) electrons. The molecule has 176 valence electrons. The third-order valence-corrected chi connectivity index (χ3v) is 5.13. The molecule has 0 spiro atoms. The van der Waals surface area contributed by atoms with Gasteiger partial charge in [-0.1, -0.05) is 53.4 Å². The zero-order valence-corrected chi connectivity index (χ0v) is 21.3. The number of carbonyl (C=O) groups excluding carboxylic acids is 3. The number of urea groups is 1. The van der Waals surface area contributed by atoms with Crippen molar-refractivity contribution >= 4 is 33.7 Å². The van der Waals surface area contributed by atoms with Gasteiger partial charge in [0.05, 0.1) is 0 Å². The topological polar surface area (TPSA) is 84.5 Å². The number of hydrogen-bond donors (Lipinski definition) is 2. The van der Waals surface area contributed by atoms with Crippen LogP contribution in [0.5, 0.6) is 5.75 Å².